The molecule has 11 heavy (non-hydrogen) atoms. The lowest BCUT2D eigenvalue weighted by molar-refractivity contribution is 0.207. The smallest absolute Gasteiger partial charge is 0.314 e. The Labute approximate surface area is 71.3 Å². The number of urea groups is 1. The Morgan fingerprint density at radius 1 is 1.45 bits per heavy atom. The lowest BCUT2D eigenvalue weighted by Crippen LogP contribution is -2.46. The monoisotopic (exact) mass is 174 g/mol. The predicted octanol–water partition coefficient (Wildman–Crippen LogP) is 0.891. The van der Waals surface area contributed by atoms with E-state index in [9.17, 15) is 4.79 Å². The number of primary amides is 1. The average molecular weight is 174 g/mol. The topological polar surface area (TPSA) is 46.3 Å². The van der Waals surface area contributed by atoms with Crippen molar-refractivity contribution in [3.63, 3.8) is 0 Å². The summed E-state index contributed by atoms with van der Waals surface area (Å²) in [5, 5.41) is 1.04. The molecule has 64 valence electrons. The van der Waals surface area contributed by atoms with Gasteiger partial charge in [-0.1, -0.05) is 13.8 Å². The van der Waals surface area contributed by atoms with Crippen LogP contribution < -0.4 is 5.73 Å². The van der Waals surface area contributed by atoms with Crippen LogP contribution in [0.25, 0.3) is 0 Å². The summed E-state index contributed by atoms with van der Waals surface area (Å²) in [7, 11) is 0. The standard InChI is InChI=1S/C7H14N2OS/c1-5-3-9(7(8)10)4-6(2)11-5/h5-6H,3-4H2,1-2H3,(H2,8,10). The molecule has 1 aliphatic heterocycles. The van der Waals surface area contributed by atoms with Crippen LogP contribution in [-0.2, 0) is 0 Å². The molecule has 0 saturated carbocycles. The highest BCUT2D eigenvalue weighted by Crippen LogP contribution is 2.24. The maximum absolute atomic E-state index is 10.8. The summed E-state index contributed by atoms with van der Waals surface area (Å²) in [5.74, 6) is 0. The fourth-order valence-electron chi connectivity index (χ4n) is 1.36. The molecule has 2 amide bonds. The lowest BCUT2D eigenvalue weighted by Gasteiger charge is -2.33. The summed E-state index contributed by atoms with van der Waals surface area (Å²) in [6, 6.07) is -0.288. The molecule has 0 aromatic heterocycles. The van der Waals surface area contributed by atoms with Gasteiger partial charge in [0.25, 0.3) is 0 Å². The van der Waals surface area contributed by atoms with Gasteiger partial charge in [0, 0.05) is 23.6 Å². The Bertz CT molecular complexity index is 153. The van der Waals surface area contributed by atoms with Crippen molar-refractivity contribution in [2.24, 2.45) is 5.73 Å². The highest BCUT2D eigenvalue weighted by atomic mass is 32.2. The van der Waals surface area contributed by atoms with E-state index in [1.165, 1.54) is 0 Å². The first-order chi connectivity index (χ1) is 5.09. The Morgan fingerprint density at radius 3 is 2.27 bits per heavy atom. The minimum Gasteiger partial charge on any atom is -0.351 e. The molecule has 3 nitrogen and oxygen atoms in total. The highest BCUT2D eigenvalue weighted by Gasteiger charge is 2.23. The van der Waals surface area contributed by atoms with Crippen molar-refractivity contribution in [3.05, 3.63) is 0 Å². The fourth-order valence-corrected chi connectivity index (χ4v) is 2.68. The van der Waals surface area contributed by atoms with E-state index in [2.05, 4.69) is 13.8 Å². The normalized spacial score (nSPS) is 32.0. The molecule has 1 aliphatic rings. The van der Waals surface area contributed by atoms with Crippen LogP contribution in [-0.4, -0.2) is 34.5 Å². The third-order valence-corrected chi connectivity index (χ3v) is 2.96. The number of nitrogens with zero attached hydrogens (tertiary/aromatic N) is 1. The minimum absolute atomic E-state index is 0.288. The molecule has 2 N–H and O–H groups in total. The molecule has 4 heteroatoms. The minimum atomic E-state index is -0.288. The zero-order valence-corrected chi connectivity index (χ0v) is 7.73. The van der Waals surface area contributed by atoms with Crippen molar-refractivity contribution in [1.29, 1.82) is 0 Å². The SMILES string of the molecule is CC1CN(C(N)=O)CC(C)S1. The summed E-state index contributed by atoms with van der Waals surface area (Å²) in [5.41, 5.74) is 5.17. The van der Waals surface area contributed by atoms with Gasteiger partial charge in [0.05, 0.1) is 0 Å². The van der Waals surface area contributed by atoms with E-state index in [0.29, 0.717) is 10.5 Å². The molecular formula is C7H14N2OS. The molecule has 0 aliphatic carbocycles. The maximum Gasteiger partial charge on any atom is 0.314 e. The van der Waals surface area contributed by atoms with Gasteiger partial charge in [-0.2, -0.15) is 11.8 Å². The van der Waals surface area contributed by atoms with Gasteiger partial charge < -0.3 is 10.6 Å². The number of hydrogen-bond donors (Lipinski definition) is 1. The fraction of sp³-hybridized carbons (Fsp3) is 0.857. The zero-order valence-electron chi connectivity index (χ0n) is 6.91. The first kappa shape index (κ1) is 8.71. The van der Waals surface area contributed by atoms with Crippen molar-refractivity contribution in [1.82, 2.24) is 4.90 Å². The van der Waals surface area contributed by atoms with E-state index in [0.717, 1.165) is 13.1 Å². The molecule has 0 aromatic carbocycles. The third kappa shape index (κ3) is 2.29. The average Bonchev–Trinajstić information content (AvgIpc) is 1.85. The van der Waals surface area contributed by atoms with Gasteiger partial charge in [-0.3, -0.25) is 0 Å². The highest BCUT2D eigenvalue weighted by molar-refractivity contribution is 8.00. The van der Waals surface area contributed by atoms with Gasteiger partial charge in [-0.15, -0.1) is 0 Å². The van der Waals surface area contributed by atoms with E-state index in [-0.39, 0.29) is 6.03 Å². The van der Waals surface area contributed by atoms with Crippen molar-refractivity contribution in [3.8, 4) is 0 Å². The molecule has 2 atom stereocenters. The van der Waals surface area contributed by atoms with Crippen LogP contribution in [0, 0.1) is 0 Å². The van der Waals surface area contributed by atoms with E-state index >= 15 is 0 Å². The van der Waals surface area contributed by atoms with Crippen LogP contribution in [0.2, 0.25) is 0 Å². The van der Waals surface area contributed by atoms with E-state index in [1.807, 2.05) is 11.8 Å². The number of amides is 2. The Kier molecular flexibility index (Phi) is 2.65. The van der Waals surface area contributed by atoms with Crippen molar-refractivity contribution in [2.75, 3.05) is 13.1 Å². The summed E-state index contributed by atoms with van der Waals surface area (Å²) in [6.07, 6.45) is 0. The van der Waals surface area contributed by atoms with Crippen LogP contribution in [0.3, 0.4) is 0 Å². The van der Waals surface area contributed by atoms with Gasteiger partial charge in [0.15, 0.2) is 0 Å². The molecule has 0 radical (unpaired) electrons. The molecule has 1 heterocycles. The number of carbonyl (C=O) groups is 1. The van der Waals surface area contributed by atoms with Crippen molar-refractivity contribution < 1.29 is 4.79 Å². The second kappa shape index (κ2) is 3.34. The number of thioether (sulfide) groups is 1. The first-order valence-corrected chi connectivity index (χ1v) is 4.73. The van der Waals surface area contributed by atoms with Crippen molar-refractivity contribution >= 4 is 17.8 Å². The van der Waals surface area contributed by atoms with E-state index in [1.54, 1.807) is 4.90 Å². The zero-order chi connectivity index (χ0) is 8.43. The molecule has 1 rings (SSSR count). The van der Waals surface area contributed by atoms with E-state index in [4.69, 9.17) is 5.73 Å². The van der Waals surface area contributed by atoms with Gasteiger partial charge >= 0.3 is 6.03 Å². The van der Waals surface area contributed by atoms with Crippen LogP contribution in [0.5, 0.6) is 0 Å². The molecule has 1 saturated heterocycles. The largest absolute Gasteiger partial charge is 0.351 e. The van der Waals surface area contributed by atoms with Crippen LogP contribution in [0.15, 0.2) is 0 Å². The molecule has 0 aromatic rings. The number of hydrogen-bond acceptors (Lipinski definition) is 2. The summed E-state index contributed by atoms with van der Waals surface area (Å²) >= 11 is 1.91. The second-order valence-corrected chi connectivity index (χ2v) is 4.88. The van der Waals surface area contributed by atoms with Crippen LogP contribution in [0.4, 0.5) is 4.79 Å². The maximum atomic E-state index is 10.8. The summed E-state index contributed by atoms with van der Waals surface area (Å²) < 4.78 is 0. The Hall–Kier alpha value is -0.380. The van der Waals surface area contributed by atoms with Crippen LogP contribution >= 0.6 is 11.8 Å². The molecule has 2 unspecified atom stereocenters. The molecular weight excluding hydrogens is 160 g/mol. The molecule has 0 bridgehead atoms. The third-order valence-electron chi connectivity index (χ3n) is 1.73. The Balaban J connectivity index is 2.49. The van der Waals surface area contributed by atoms with Gasteiger partial charge in [0.1, 0.15) is 0 Å². The van der Waals surface area contributed by atoms with Gasteiger partial charge in [-0.05, 0) is 0 Å². The van der Waals surface area contributed by atoms with Crippen molar-refractivity contribution in [2.45, 2.75) is 24.3 Å². The quantitative estimate of drug-likeness (QED) is 0.593. The second-order valence-electron chi connectivity index (χ2n) is 3.00. The lowest BCUT2D eigenvalue weighted by atomic mass is 10.3. The first-order valence-electron chi connectivity index (χ1n) is 3.79. The Morgan fingerprint density at radius 2 is 1.91 bits per heavy atom. The van der Waals surface area contributed by atoms with Gasteiger partial charge in [-0.25, -0.2) is 4.79 Å². The summed E-state index contributed by atoms with van der Waals surface area (Å²) in [4.78, 5) is 12.5. The molecule has 1 fully saturated rings. The summed E-state index contributed by atoms with van der Waals surface area (Å²) in [6.45, 7) is 5.83. The van der Waals surface area contributed by atoms with E-state index < -0.39 is 0 Å². The number of nitrogens with two attached hydrogens (primary N) is 1. The number of carbonyl (C=O) groups excluding carboxylic acids is 1. The molecule has 0 spiro atoms. The number of rotatable bonds is 0. The predicted molar refractivity (Wildman–Crippen MR) is 47.7 cm³/mol. The van der Waals surface area contributed by atoms with Gasteiger partial charge in [0.2, 0.25) is 0 Å². The van der Waals surface area contributed by atoms with Crippen LogP contribution in [0.1, 0.15) is 13.8 Å².